The van der Waals surface area contributed by atoms with E-state index in [4.69, 9.17) is 0 Å². The average Bonchev–Trinajstić information content (AvgIpc) is 3.81. The van der Waals surface area contributed by atoms with Crippen LogP contribution in [0.2, 0.25) is 0 Å². The van der Waals surface area contributed by atoms with E-state index in [0.29, 0.717) is 0 Å². The smallest absolute Gasteiger partial charge is 0.0714 e. The maximum absolute atomic E-state index is 2.43. The monoisotopic (exact) mass is 773 g/mol. The van der Waals surface area contributed by atoms with E-state index in [1.165, 1.54) is 81.0 Å². The molecule has 1 nitrogen and oxygen atoms in total. The molecule has 0 N–H and O–H groups in total. The number of hydrogen-bond acceptors (Lipinski definition) is 2. The van der Waals surface area contributed by atoms with E-state index in [1.807, 2.05) is 11.3 Å². The van der Waals surface area contributed by atoms with E-state index in [-0.39, 0.29) is 5.41 Å². The fourth-order valence-electron chi connectivity index (χ4n) is 9.59. The van der Waals surface area contributed by atoms with Gasteiger partial charge in [-0.3, -0.25) is 0 Å². The summed E-state index contributed by atoms with van der Waals surface area (Å²) < 4.78 is 2.72. The van der Waals surface area contributed by atoms with Crippen molar-refractivity contribution in [2.75, 3.05) is 4.90 Å². The van der Waals surface area contributed by atoms with Crippen molar-refractivity contribution in [1.82, 2.24) is 0 Å². The van der Waals surface area contributed by atoms with Crippen LogP contribution in [0.5, 0.6) is 0 Å². The van der Waals surface area contributed by atoms with Crippen molar-refractivity contribution in [3.05, 3.63) is 234 Å². The summed E-state index contributed by atoms with van der Waals surface area (Å²) in [5.41, 5.74) is 14.6. The van der Waals surface area contributed by atoms with Crippen LogP contribution in [0.4, 0.5) is 17.1 Å². The largest absolute Gasteiger partial charge is 0.311 e. The third-order valence-electron chi connectivity index (χ3n) is 12.5. The lowest BCUT2D eigenvalue weighted by Gasteiger charge is -2.34. The van der Waals surface area contributed by atoms with Crippen LogP contribution < -0.4 is 4.90 Å². The Morgan fingerprint density at radius 2 is 1.03 bits per heavy atom. The van der Waals surface area contributed by atoms with Crippen molar-refractivity contribution < 1.29 is 0 Å². The number of thiophene rings is 1. The minimum Gasteiger partial charge on any atom is -0.311 e. The molecule has 0 saturated carbocycles. The Morgan fingerprint density at radius 3 is 1.78 bits per heavy atom. The van der Waals surface area contributed by atoms with Crippen LogP contribution in [0.3, 0.4) is 0 Å². The number of anilines is 3. The highest BCUT2D eigenvalue weighted by molar-refractivity contribution is 7.26. The normalized spacial score (nSPS) is 14.8. The van der Waals surface area contributed by atoms with Gasteiger partial charge < -0.3 is 4.90 Å². The summed E-state index contributed by atoms with van der Waals surface area (Å²) in [5.74, 6) is 0. The standard InChI is InChI=1S/C57H43NS/c1-56(2,3)44-28-33-48-49-34-35-52-54(55(49)59-53(48)37-44)50-20-12-13-21-51(50)57(52,42-16-6-4-7-17-42)43-26-31-47(32-27-43)58(45-18-8-5-9-19-45)46-29-24-39(25-30-46)41-23-22-38-14-10-11-15-40(38)36-41/h4-37H,1-3H3. The molecule has 1 aliphatic carbocycles. The molecule has 1 aromatic heterocycles. The van der Waals surface area contributed by atoms with E-state index < -0.39 is 5.41 Å². The molecule has 0 bridgehead atoms. The van der Waals surface area contributed by atoms with Gasteiger partial charge in [0.25, 0.3) is 0 Å². The van der Waals surface area contributed by atoms with Gasteiger partial charge in [0, 0.05) is 42.8 Å². The molecular weight excluding hydrogens is 731 g/mol. The van der Waals surface area contributed by atoms with Crippen LogP contribution in [0, 0.1) is 0 Å². The molecule has 0 radical (unpaired) electrons. The number of benzene rings is 9. The third-order valence-corrected chi connectivity index (χ3v) is 13.7. The Labute approximate surface area is 350 Å². The molecule has 59 heavy (non-hydrogen) atoms. The zero-order chi connectivity index (χ0) is 39.7. The highest BCUT2D eigenvalue weighted by atomic mass is 32.1. The van der Waals surface area contributed by atoms with E-state index >= 15 is 0 Å². The van der Waals surface area contributed by atoms with E-state index in [2.05, 4.69) is 232 Å². The van der Waals surface area contributed by atoms with Gasteiger partial charge in [0.15, 0.2) is 0 Å². The summed E-state index contributed by atoms with van der Waals surface area (Å²) in [4.78, 5) is 2.37. The molecule has 1 atom stereocenters. The van der Waals surface area contributed by atoms with Crippen LogP contribution >= 0.6 is 11.3 Å². The zero-order valence-electron chi connectivity index (χ0n) is 33.5. The van der Waals surface area contributed by atoms with Crippen LogP contribution in [0.15, 0.2) is 206 Å². The van der Waals surface area contributed by atoms with Gasteiger partial charge >= 0.3 is 0 Å². The van der Waals surface area contributed by atoms with Gasteiger partial charge in [-0.05, 0) is 109 Å². The first kappa shape index (κ1) is 35.4. The molecule has 11 rings (SSSR count). The second kappa shape index (κ2) is 13.7. The van der Waals surface area contributed by atoms with Gasteiger partial charge in [0.1, 0.15) is 0 Å². The van der Waals surface area contributed by atoms with Gasteiger partial charge in [-0.15, -0.1) is 11.3 Å². The van der Waals surface area contributed by atoms with Gasteiger partial charge in [0.2, 0.25) is 0 Å². The fourth-order valence-corrected chi connectivity index (χ4v) is 10.9. The topological polar surface area (TPSA) is 3.24 Å². The van der Waals surface area contributed by atoms with Crippen molar-refractivity contribution in [1.29, 1.82) is 0 Å². The fraction of sp³-hybridized carbons (Fsp3) is 0.0877. The van der Waals surface area contributed by atoms with Gasteiger partial charge in [0.05, 0.1) is 5.41 Å². The molecule has 0 amide bonds. The lowest BCUT2D eigenvalue weighted by atomic mass is 9.67. The van der Waals surface area contributed by atoms with Crippen LogP contribution in [-0.4, -0.2) is 0 Å². The molecule has 1 unspecified atom stereocenters. The van der Waals surface area contributed by atoms with Gasteiger partial charge in [-0.2, -0.15) is 0 Å². The predicted molar refractivity (Wildman–Crippen MR) is 253 cm³/mol. The molecule has 10 aromatic rings. The van der Waals surface area contributed by atoms with Crippen molar-refractivity contribution in [3.8, 4) is 22.3 Å². The quantitative estimate of drug-likeness (QED) is 0.163. The second-order valence-electron chi connectivity index (χ2n) is 16.9. The molecule has 0 spiro atoms. The van der Waals surface area contributed by atoms with E-state index in [1.54, 1.807) is 0 Å². The molecule has 282 valence electrons. The predicted octanol–water partition coefficient (Wildman–Crippen LogP) is 16.0. The Bertz CT molecular complexity index is 3170. The van der Waals surface area contributed by atoms with Crippen LogP contribution in [-0.2, 0) is 10.8 Å². The summed E-state index contributed by atoms with van der Waals surface area (Å²) in [6.07, 6.45) is 0. The molecule has 1 aliphatic rings. The maximum atomic E-state index is 2.43. The molecular formula is C57H43NS. The lowest BCUT2D eigenvalue weighted by Crippen LogP contribution is -2.28. The molecule has 0 aliphatic heterocycles. The van der Waals surface area contributed by atoms with Crippen molar-refractivity contribution in [3.63, 3.8) is 0 Å². The van der Waals surface area contributed by atoms with Gasteiger partial charge in [-0.25, -0.2) is 0 Å². The van der Waals surface area contributed by atoms with Crippen LogP contribution in [0.25, 0.3) is 53.2 Å². The summed E-state index contributed by atoms with van der Waals surface area (Å²) in [5, 5.41) is 5.19. The first-order chi connectivity index (χ1) is 28.9. The summed E-state index contributed by atoms with van der Waals surface area (Å²) >= 11 is 1.95. The average molecular weight is 774 g/mol. The first-order valence-electron chi connectivity index (χ1n) is 20.6. The molecule has 9 aromatic carbocycles. The van der Waals surface area contributed by atoms with E-state index in [0.717, 1.165) is 17.1 Å². The van der Waals surface area contributed by atoms with E-state index in [9.17, 15) is 0 Å². The molecule has 0 saturated heterocycles. The minimum absolute atomic E-state index is 0.0883. The zero-order valence-corrected chi connectivity index (χ0v) is 34.3. The Balaban J connectivity index is 1.06. The van der Waals surface area contributed by atoms with Crippen molar-refractivity contribution >= 4 is 59.3 Å². The molecule has 1 heterocycles. The Morgan fingerprint density at radius 1 is 0.441 bits per heavy atom. The lowest BCUT2D eigenvalue weighted by molar-refractivity contribution is 0.591. The van der Waals surface area contributed by atoms with Gasteiger partial charge in [-0.1, -0.05) is 178 Å². The summed E-state index contributed by atoms with van der Waals surface area (Å²) in [6, 6.07) is 76.6. The molecule has 2 heteroatoms. The van der Waals surface area contributed by atoms with Crippen molar-refractivity contribution in [2.24, 2.45) is 0 Å². The number of nitrogens with zero attached hydrogens (tertiary/aromatic N) is 1. The number of rotatable bonds is 6. The second-order valence-corrected chi connectivity index (χ2v) is 18.0. The number of hydrogen-bond donors (Lipinski definition) is 0. The summed E-state index contributed by atoms with van der Waals surface area (Å²) in [7, 11) is 0. The third kappa shape index (κ3) is 5.66. The maximum Gasteiger partial charge on any atom is 0.0714 e. The number of fused-ring (bicyclic) bond motifs is 8. The summed E-state index contributed by atoms with van der Waals surface area (Å²) in [6.45, 7) is 6.91. The molecule has 0 fully saturated rings. The minimum atomic E-state index is -0.494. The highest BCUT2D eigenvalue weighted by Gasteiger charge is 2.47. The number of para-hydroxylation sites is 1. The first-order valence-corrected chi connectivity index (χ1v) is 21.4. The Kier molecular flexibility index (Phi) is 8.22. The van der Waals surface area contributed by atoms with Crippen molar-refractivity contribution in [2.45, 2.75) is 31.6 Å². The Hall–Kier alpha value is -6.74. The SMILES string of the molecule is CC(C)(C)c1ccc2c(c1)sc1c3c(ccc12)C(c1ccccc1)(c1ccc(N(c2ccccc2)c2ccc(-c4ccc5ccccc5c4)cc2)cc1)c1ccccc1-3. The highest BCUT2D eigenvalue weighted by Crippen LogP contribution is 2.59. The van der Waals surface area contributed by atoms with Crippen LogP contribution in [0.1, 0.15) is 48.6 Å².